The average Bonchev–Trinajstić information content (AvgIpc) is 2.57. The Balaban J connectivity index is 2.32. The summed E-state index contributed by atoms with van der Waals surface area (Å²) in [6.07, 6.45) is 3.52. The normalized spacial score (nSPS) is 10.7. The smallest absolute Gasteiger partial charge is 0.305 e. The van der Waals surface area contributed by atoms with E-state index in [1.165, 1.54) is 0 Å². The van der Waals surface area contributed by atoms with Crippen molar-refractivity contribution in [1.82, 2.24) is 14.8 Å². The summed E-state index contributed by atoms with van der Waals surface area (Å²) in [5, 5.41) is 13.6. The standard InChI is InChI=1S/C10H11N3O2/c1-7-4-8-6-12-13(3-2-9(14)15)10(8)11-5-7/h4-6H,2-3H2,1H3,(H,14,15). The molecule has 0 atom stereocenters. The van der Waals surface area contributed by atoms with Gasteiger partial charge in [-0.2, -0.15) is 5.10 Å². The minimum Gasteiger partial charge on any atom is -0.481 e. The Hall–Kier alpha value is -1.91. The number of fused-ring (bicyclic) bond motifs is 1. The summed E-state index contributed by atoms with van der Waals surface area (Å²) >= 11 is 0. The van der Waals surface area contributed by atoms with Gasteiger partial charge in [0.25, 0.3) is 0 Å². The lowest BCUT2D eigenvalue weighted by Gasteiger charge is -1.99. The summed E-state index contributed by atoms with van der Waals surface area (Å²) in [5.74, 6) is -0.828. The van der Waals surface area contributed by atoms with E-state index in [0.717, 1.165) is 16.6 Å². The highest BCUT2D eigenvalue weighted by atomic mass is 16.4. The number of pyridine rings is 1. The van der Waals surface area contributed by atoms with Gasteiger partial charge in [-0.1, -0.05) is 0 Å². The van der Waals surface area contributed by atoms with Gasteiger partial charge in [0.2, 0.25) is 0 Å². The molecule has 0 fully saturated rings. The molecule has 0 saturated heterocycles. The van der Waals surface area contributed by atoms with Crippen LogP contribution in [-0.2, 0) is 11.3 Å². The van der Waals surface area contributed by atoms with Crippen molar-refractivity contribution in [2.45, 2.75) is 19.9 Å². The number of carboxylic acids is 1. The van der Waals surface area contributed by atoms with Crippen LogP contribution in [0.25, 0.3) is 11.0 Å². The lowest BCUT2D eigenvalue weighted by atomic mass is 10.2. The second kappa shape index (κ2) is 3.68. The van der Waals surface area contributed by atoms with Crippen LogP contribution < -0.4 is 0 Å². The molecule has 15 heavy (non-hydrogen) atoms. The SMILES string of the molecule is Cc1cnc2c(cnn2CCC(=O)O)c1. The maximum atomic E-state index is 10.4. The van der Waals surface area contributed by atoms with E-state index in [0.29, 0.717) is 6.54 Å². The van der Waals surface area contributed by atoms with Crippen LogP contribution in [0.4, 0.5) is 0 Å². The maximum absolute atomic E-state index is 10.4. The summed E-state index contributed by atoms with van der Waals surface area (Å²) in [5.41, 5.74) is 1.81. The van der Waals surface area contributed by atoms with Crippen LogP contribution >= 0.6 is 0 Å². The van der Waals surface area contributed by atoms with Gasteiger partial charge in [0.15, 0.2) is 5.65 Å². The van der Waals surface area contributed by atoms with Crippen molar-refractivity contribution in [3.8, 4) is 0 Å². The Morgan fingerprint density at radius 3 is 3.07 bits per heavy atom. The Bertz CT molecular complexity index is 504. The Morgan fingerprint density at radius 2 is 2.33 bits per heavy atom. The van der Waals surface area contributed by atoms with Gasteiger partial charge in [-0.25, -0.2) is 9.67 Å². The molecule has 0 amide bonds. The van der Waals surface area contributed by atoms with Gasteiger partial charge >= 0.3 is 5.97 Å². The van der Waals surface area contributed by atoms with E-state index in [1.807, 2.05) is 13.0 Å². The van der Waals surface area contributed by atoms with Gasteiger partial charge in [0.05, 0.1) is 19.2 Å². The monoisotopic (exact) mass is 205 g/mol. The average molecular weight is 205 g/mol. The molecule has 0 aliphatic heterocycles. The van der Waals surface area contributed by atoms with E-state index in [1.54, 1.807) is 17.1 Å². The van der Waals surface area contributed by atoms with Crippen LogP contribution in [0.1, 0.15) is 12.0 Å². The predicted molar refractivity (Wildman–Crippen MR) is 54.5 cm³/mol. The van der Waals surface area contributed by atoms with Crippen molar-refractivity contribution in [2.24, 2.45) is 0 Å². The fourth-order valence-corrected chi connectivity index (χ4v) is 1.45. The summed E-state index contributed by atoms with van der Waals surface area (Å²) < 4.78 is 1.61. The molecule has 0 aromatic carbocycles. The molecule has 0 aliphatic rings. The van der Waals surface area contributed by atoms with Crippen molar-refractivity contribution in [2.75, 3.05) is 0 Å². The van der Waals surface area contributed by atoms with E-state index in [-0.39, 0.29) is 6.42 Å². The third kappa shape index (κ3) is 1.96. The first kappa shape index (κ1) is 9.64. The number of rotatable bonds is 3. The Morgan fingerprint density at radius 1 is 1.53 bits per heavy atom. The molecular weight excluding hydrogens is 194 g/mol. The van der Waals surface area contributed by atoms with Crippen LogP contribution in [0.5, 0.6) is 0 Å². The van der Waals surface area contributed by atoms with Crippen molar-refractivity contribution < 1.29 is 9.90 Å². The predicted octanol–water partition coefficient (Wildman–Crippen LogP) is 1.21. The third-order valence-electron chi connectivity index (χ3n) is 2.15. The number of hydrogen-bond donors (Lipinski definition) is 1. The molecule has 2 aromatic rings. The zero-order chi connectivity index (χ0) is 10.8. The van der Waals surface area contributed by atoms with Crippen LogP contribution in [-0.4, -0.2) is 25.8 Å². The molecule has 0 spiro atoms. The number of aromatic nitrogens is 3. The molecule has 5 heteroatoms. The zero-order valence-corrected chi connectivity index (χ0v) is 8.34. The summed E-state index contributed by atoms with van der Waals surface area (Å²) in [6, 6.07) is 1.98. The minimum atomic E-state index is -0.828. The lowest BCUT2D eigenvalue weighted by Crippen LogP contribution is -2.06. The number of nitrogens with zero attached hydrogens (tertiary/aromatic N) is 3. The molecule has 5 nitrogen and oxygen atoms in total. The summed E-state index contributed by atoms with van der Waals surface area (Å²) in [4.78, 5) is 14.6. The molecule has 2 heterocycles. The first-order chi connectivity index (χ1) is 7.16. The molecule has 0 radical (unpaired) electrons. The zero-order valence-electron chi connectivity index (χ0n) is 8.34. The first-order valence-corrected chi connectivity index (χ1v) is 4.67. The number of aliphatic carboxylic acids is 1. The van der Waals surface area contributed by atoms with E-state index in [2.05, 4.69) is 10.1 Å². The molecule has 0 unspecified atom stereocenters. The molecular formula is C10H11N3O2. The van der Waals surface area contributed by atoms with Gasteiger partial charge in [0, 0.05) is 11.6 Å². The molecule has 0 saturated carbocycles. The molecule has 0 aliphatic carbocycles. The van der Waals surface area contributed by atoms with E-state index in [9.17, 15) is 4.79 Å². The van der Waals surface area contributed by atoms with Gasteiger partial charge in [-0.05, 0) is 18.6 Å². The summed E-state index contributed by atoms with van der Waals surface area (Å²) in [6.45, 7) is 2.32. The number of hydrogen-bond acceptors (Lipinski definition) is 3. The van der Waals surface area contributed by atoms with Crippen molar-refractivity contribution >= 4 is 17.0 Å². The number of carbonyl (C=O) groups is 1. The van der Waals surface area contributed by atoms with Crippen LogP contribution in [0.2, 0.25) is 0 Å². The Labute approximate surface area is 86.4 Å². The Kier molecular flexibility index (Phi) is 2.37. The minimum absolute atomic E-state index is 0.0618. The molecule has 1 N–H and O–H groups in total. The molecule has 78 valence electrons. The largest absolute Gasteiger partial charge is 0.481 e. The topological polar surface area (TPSA) is 68.0 Å². The lowest BCUT2D eigenvalue weighted by molar-refractivity contribution is -0.137. The van der Waals surface area contributed by atoms with Crippen LogP contribution in [0.15, 0.2) is 18.5 Å². The van der Waals surface area contributed by atoms with E-state index in [4.69, 9.17) is 5.11 Å². The fraction of sp³-hybridized carbons (Fsp3) is 0.300. The van der Waals surface area contributed by atoms with Gasteiger partial charge < -0.3 is 5.11 Å². The molecule has 0 bridgehead atoms. The number of aryl methyl sites for hydroxylation is 2. The maximum Gasteiger partial charge on any atom is 0.305 e. The fourth-order valence-electron chi connectivity index (χ4n) is 1.45. The van der Waals surface area contributed by atoms with E-state index >= 15 is 0 Å². The first-order valence-electron chi connectivity index (χ1n) is 4.67. The second-order valence-corrected chi connectivity index (χ2v) is 3.44. The molecule has 2 aromatic heterocycles. The third-order valence-corrected chi connectivity index (χ3v) is 2.15. The molecule has 2 rings (SSSR count). The van der Waals surface area contributed by atoms with Crippen LogP contribution in [0, 0.1) is 6.92 Å². The van der Waals surface area contributed by atoms with Gasteiger partial charge in [-0.15, -0.1) is 0 Å². The van der Waals surface area contributed by atoms with Gasteiger partial charge in [-0.3, -0.25) is 4.79 Å². The second-order valence-electron chi connectivity index (χ2n) is 3.44. The van der Waals surface area contributed by atoms with Gasteiger partial charge in [0.1, 0.15) is 0 Å². The van der Waals surface area contributed by atoms with Crippen molar-refractivity contribution in [3.63, 3.8) is 0 Å². The highest BCUT2D eigenvalue weighted by molar-refractivity contribution is 5.75. The van der Waals surface area contributed by atoms with Crippen LogP contribution in [0.3, 0.4) is 0 Å². The van der Waals surface area contributed by atoms with E-state index < -0.39 is 5.97 Å². The highest BCUT2D eigenvalue weighted by Gasteiger charge is 2.05. The van der Waals surface area contributed by atoms with Crippen molar-refractivity contribution in [1.29, 1.82) is 0 Å². The highest BCUT2D eigenvalue weighted by Crippen LogP contribution is 2.12. The quantitative estimate of drug-likeness (QED) is 0.817. The summed E-state index contributed by atoms with van der Waals surface area (Å²) in [7, 11) is 0. The number of carboxylic acid groups (broad SMARTS) is 1. The van der Waals surface area contributed by atoms with Crippen molar-refractivity contribution in [3.05, 3.63) is 24.0 Å².